The van der Waals surface area contributed by atoms with E-state index in [9.17, 15) is 0 Å². The van der Waals surface area contributed by atoms with E-state index in [0.717, 1.165) is 11.7 Å². The lowest BCUT2D eigenvalue weighted by molar-refractivity contribution is 0.128. The minimum Gasteiger partial charge on any atom is -0.361 e. The van der Waals surface area contributed by atoms with Gasteiger partial charge in [0.2, 0.25) is 0 Å². The van der Waals surface area contributed by atoms with Crippen molar-refractivity contribution in [3.8, 4) is 0 Å². The van der Waals surface area contributed by atoms with E-state index < -0.39 is 0 Å². The fourth-order valence-corrected chi connectivity index (χ4v) is 3.73. The zero-order valence-electron chi connectivity index (χ0n) is 9.74. The van der Waals surface area contributed by atoms with E-state index in [1.165, 1.54) is 57.1 Å². The van der Waals surface area contributed by atoms with Crippen LogP contribution in [0.4, 0.5) is 0 Å². The van der Waals surface area contributed by atoms with E-state index in [1.54, 1.807) is 0 Å². The Bertz CT molecular complexity index is 383. The van der Waals surface area contributed by atoms with Gasteiger partial charge in [0.05, 0.1) is 5.69 Å². The van der Waals surface area contributed by atoms with Crippen LogP contribution in [0.15, 0.2) is 10.6 Å². The van der Waals surface area contributed by atoms with Crippen molar-refractivity contribution in [2.75, 3.05) is 0 Å². The summed E-state index contributed by atoms with van der Waals surface area (Å²) in [5.74, 6) is 2.89. The van der Waals surface area contributed by atoms with Gasteiger partial charge in [0.25, 0.3) is 0 Å². The van der Waals surface area contributed by atoms with Crippen LogP contribution in [0.2, 0.25) is 0 Å². The molecule has 1 heterocycles. The Morgan fingerprint density at radius 3 is 2.38 bits per heavy atom. The van der Waals surface area contributed by atoms with Crippen LogP contribution in [0.5, 0.6) is 0 Å². The minimum absolute atomic E-state index is 0.408. The SMILES string of the molecule is c1c(C23CCC(CC2)CC3)noc1C1CC1. The second kappa shape index (κ2) is 3.12. The van der Waals surface area contributed by atoms with Crippen molar-refractivity contribution in [1.82, 2.24) is 5.16 Å². The van der Waals surface area contributed by atoms with E-state index in [1.807, 2.05) is 0 Å². The van der Waals surface area contributed by atoms with Gasteiger partial charge in [-0.1, -0.05) is 5.16 Å². The third-order valence-corrected chi connectivity index (χ3v) is 5.14. The molecule has 0 unspecified atom stereocenters. The topological polar surface area (TPSA) is 26.0 Å². The van der Waals surface area contributed by atoms with Crippen molar-refractivity contribution < 1.29 is 4.52 Å². The summed E-state index contributed by atoms with van der Waals surface area (Å²) >= 11 is 0. The molecule has 1 aromatic heterocycles. The predicted molar refractivity (Wildman–Crippen MR) is 61.3 cm³/mol. The number of rotatable bonds is 2. The average molecular weight is 217 g/mol. The molecule has 0 aromatic carbocycles. The molecule has 1 aromatic rings. The molecule has 0 N–H and O–H groups in total. The minimum atomic E-state index is 0.408. The van der Waals surface area contributed by atoms with Gasteiger partial charge in [0.15, 0.2) is 0 Å². The zero-order valence-corrected chi connectivity index (χ0v) is 9.74. The third-order valence-electron chi connectivity index (χ3n) is 5.14. The monoisotopic (exact) mass is 217 g/mol. The Balaban J connectivity index is 1.66. The largest absolute Gasteiger partial charge is 0.361 e. The van der Waals surface area contributed by atoms with Gasteiger partial charge in [-0.05, 0) is 57.3 Å². The molecule has 4 aliphatic rings. The Morgan fingerprint density at radius 1 is 1.06 bits per heavy atom. The molecule has 0 spiro atoms. The second-order valence-electron chi connectivity index (χ2n) is 6.15. The van der Waals surface area contributed by atoms with Gasteiger partial charge in [0, 0.05) is 17.4 Å². The summed E-state index contributed by atoms with van der Waals surface area (Å²) in [6.45, 7) is 0. The summed E-state index contributed by atoms with van der Waals surface area (Å²) in [5, 5.41) is 4.39. The molecule has 2 nitrogen and oxygen atoms in total. The Kier molecular flexibility index (Phi) is 1.80. The quantitative estimate of drug-likeness (QED) is 0.753. The summed E-state index contributed by atoms with van der Waals surface area (Å²) in [6, 6.07) is 2.28. The second-order valence-corrected chi connectivity index (χ2v) is 6.15. The smallest absolute Gasteiger partial charge is 0.140 e. The molecular weight excluding hydrogens is 198 g/mol. The van der Waals surface area contributed by atoms with Crippen molar-refractivity contribution in [3.05, 3.63) is 17.5 Å². The van der Waals surface area contributed by atoms with Gasteiger partial charge in [-0.25, -0.2) is 0 Å². The fraction of sp³-hybridized carbons (Fsp3) is 0.786. The fourth-order valence-electron chi connectivity index (χ4n) is 3.73. The van der Waals surface area contributed by atoms with Crippen molar-refractivity contribution in [2.45, 2.75) is 62.7 Å². The first-order valence-corrected chi connectivity index (χ1v) is 6.83. The highest BCUT2D eigenvalue weighted by molar-refractivity contribution is 5.23. The molecule has 16 heavy (non-hydrogen) atoms. The molecule has 5 rings (SSSR count). The van der Waals surface area contributed by atoms with Gasteiger partial charge in [-0.3, -0.25) is 0 Å². The lowest BCUT2D eigenvalue weighted by Gasteiger charge is -2.45. The lowest BCUT2D eigenvalue weighted by Crippen LogP contribution is -2.37. The van der Waals surface area contributed by atoms with Crippen molar-refractivity contribution in [2.24, 2.45) is 5.92 Å². The molecule has 86 valence electrons. The molecule has 0 radical (unpaired) electrons. The van der Waals surface area contributed by atoms with E-state index >= 15 is 0 Å². The summed E-state index contributed by atoms with van der Waals surface area (Å²) in [7, 11) is 0. The van der Waals surface area contributed by atoms with Crippen LogP contribution >= 0.6 is 0 Å². The third kappa shape index (κ3) is 1.28. The summed E-state index contributed by atoms with van der Waals surface area (Å²) in [4.78, 5) is 0. The van der Waals surface area contributed by atoms with Gasteiger partial charge >= 0.3 is 0 Å². The zero-order chi connectivity index (χ0) is 10.6. The summed E-state index contributed by atoms with van der Waals surface area (Å²) in [6.07, 6.45) is 11.0. The van der Waals surface area contributed by atoms with Gasteiger partial charge in [0.1, 0.15) is 5.76 Å². The maximum absolute atomic E-state index is 5.54. The normalized spacial score (nSPS) is 37.9. The lowest BCUT2D eigenvalue weighted by atomic mass is 9.59. The molecule has 0 saturated heterocycles. The Morgan fingerprint density at radius 2 is 1.75 bits per heavy atom. The van der Waals surface area contributed by atoms with Crippen molar-refractivity contribution >= 4 is 0 Å². The predicted octanol–water partition coefficient (Wildman–Crippen LogP) is 3.77. The Hall–Kier alpha value is -0.790. The Labute approximate surface area is 96.4 Å². The van der Waals surface area contributed by atoms with Crippen LogP contribution < -0.4 is 0 Å². The number of aromatic nitrogens is 1. The molecule has 4 aliphatic carbocycles. The van der Waals surface area contributed by atoms with Crippen LogP contribution in [0, 0.1) is 5.92 Å². The van der Waals surface area contributed by atoms with E-state index in [2.05, 4.69) is 11.2 Å². The molecule has 2 bridgehead atoms. The first-order valence-electron chi connectivity index (χ1n) is 6.83. The molecule has 4 saturated carbocycles. The summed E-state index contributed by atoms with van der Waals surface area (Å²) in [5.41, 5.74) is 1.69. The maximum atomic E-state index is 5.54. The highest BCUT2D eigenvalue weighted by atomic mass is 16.5. The van der Waals surface area contributed by atoms with Crippen molar-refractivity contribution in [3.63, 3.8) is 0 Å². The van der Waals surface area contributed by atoms with Crippen molar-refractivity contribution in [1.29, 1.82) is 0 Å². The first-order chi connectivity index (χ1) is 7.86. The van der Waals surface area contributed by atoms with E-state index in [0.29, 0.717) is 11.3 Å². The van der Waals surface area contributed by atoms with Crippen LogP contribution in [0.3, 0.4) is 0 Å². The van der Waals surface area contributed by atoms with E-state index in [-0.39, 0.29) is 0 Å². The van der Waals surface area contributed by atoms with Gasteiger partial charge in [-0.15, -0.1) is 0 Å². The molecule has 0 aliphatic heterocycles. The summed E-state index contributed by atoms with van der Waals surface area (Å²) < 4.78 is 5.54. The van der Waals surface area contributed by atoms with Gasteiger partial charge in [-0.2, -0.15) is 0 Å². The average Bonchev–Trinajstić information content (AvgIpc) is 3.09. The molecule has 2 heteroatoms. The number of hydrogen-bond acceptors (Lipinski definition) is 2. The highest BCUT2D eigenvalue weighted by Gasteiger charge is 2.44. The first kappa shape index (κ1) is 9.26. The molecule has 4 fully saturated rings. The number of hydrogen-bond donors (Lipinski definition) is 0. The van der Waals surface area contributed by atoms with Crippen LogP contribution in [-0.2, 0) is 5.41 Å². The maximum Gasteiger partial charge on any atom is 0.140 e. The van der Waals surface area contributed by atoms with Crippen LogP contribution in [0.25, 0.3) is 0 Å². The molecule has 0 amide bonds. The number of fused-ring (bicyclic) bond motifs is 3. The molecular formula is C14H19NO. The molecule has 0 atom stereocenters. The number of nitrogens with zero attached hydrogens (tertiary/aromatic N) is 1. The van der Waals surface area contributed by atoms with E-state index in [4.69, 9.17) is 4.52 Å². The van der Waals surface area contributed by atoms with Crippen LogP contribution in [-0.4, -0.2) is 5.16 Å². The van der Waals surface area contributed by atoms with Gasteiger partial charge < -0.3 is 4.52 Å². The standard InChI is InChI=1S/C14H19NO/c1-2-11(1)12-9-13(15-16-12)14-6-3-10(4-7-14)5-8-14/h9-11H,1-8H2. The highest BCUT2D eigenvalue weighted by Crippen LogP contribution is 2.52. The van der Waals surface area contributed by atoms with Crippen LogP contribution in [0.1, 0.15) is 68.7 Å².